The minimum absolute atomic E-state index is 0.895. The van der Waals surface area contributed by atoms with Gasteiger partial charge in [-0.3, -0.25) is 0 Å². The van der Waals surface area contributed by atoms with E-state index in [1.165, 1.54) is 12.7 Å². The van der Waals surface area contributed by atoms with Crippen LogP contribution in [0.5, 0.6) is 0 Å². The maximum atomic E-state index is 4.20. The van der Waals surface area contributed by atoms with E-state index >= 15 is 0 Å². The van der Waals surface area contributed by atoms with Gasteiger partial charge in [-0.2, -0.15) is 0 Å². The van der Waals surface area contributed by atoms with Crippen molar-refractivity contribution in [3.8, 4) is 10.6 Å². The Balaban J connectivity index is 1.83. The lowest BCUT2D eigenvalue weighted by Crippen LogP contribution is -2.16. The molecule has 2 heterocycles. The summed E-state index contributed by atoms with van der Waals surface area (Å²) in [6, 6.07) is 0. The van der Waals surface area contributed by atoms with Gasteiger partial charge < -0.3 is 5.32 Å². The summed E-state index contributed by atoms with van der Waals surface area (Å²) < 4.78 is 0. The molecule has 0 atom stereocenters. The van der Waals surface area contributed by atoms with Crippen LogP contribution in [0.25, 0.3) is 10.6 Å². The third-order valence-corrected chi connectivity index (χ3v) is 3.48. The fraction of sp³-hybridized carbons (Fsp3) is 0.500. The monoisotopic (exact) mass is 263 g/mol. The molecule has 0 radical (unpaired) electrons. The van der Waals surface area contributed by atoms with E-state index in [4.69, 9.17) is 0 Å². The van der Waals surface area contributed by atoms with Crippen molar-refractivity contribution in [1.29, 1.82) is 0 Å². The second kappa shape index (κ2) is 7.13. The van der Waals surface area contributed by atoms with Crippen molar-refractivity contribution in [3.63, 3.8) is 0 Å². The minimum Gasteiger partial charge on any atom is -0.317 e. The van der Waals surface area contributed by atoms with Gasteiger partial charge in [0.2, 0.25) is 0 Å². The maximum Gasteiger partial charge on any atom is 0.150 e. The van der Waals surface area contributed by atoms with E-state index in [1.54, 1.807) is 23.7 Å². The Bertz CT molecular complexity index is 457. The zero-order valence-corrected chi connectivity index (χ0v) is 11.3. The van der Waals surface area contributed by atoms with Gasteiger partial charge >= 0.3 is 0 Å². The quantitative estimate of drug-likeness (QED) is 0.773. The van der Waals surface area contributed by atoms with Gasteiger partial charge in [-0.05, 0) is 25.9 Å². The van der Waals surface area contributed by atoms with Crippen LogP contribution in [0.3, 0.4) is 0 Å². The zero-order valence-electron chi connectivity index (χ0n) is 10.5. The Kier molecular flexibility index (Phi) is 5.16. The molecular formula is C12H17N5S. The third kappa shape index (κ3) is 3.82. The summed E-state index contributed by atoms with van der Waals surface area (Å²) in [4.78, 5) is 7.97. The molecule has 6 heteroatoms. The highest BCUT2D eigenvalue weighted by molar-refractivity contribution is 7.14. The number of nitrogens with zero attached hydrogens (tertiary/aromatic N) is 4. The number of aryl methyl sites for hydroxylation is 1. The molecule has 0 aromatic carbocycles. The fourth-order valence-corrected chi connectivity index (χ4v) is 2.40. The molecular weight excluding hydrogens is 246 g/mol. The molecule has 0 amide bonds. The van der Waals surface area contributed by atoms with E-state index in [2.05, 4.69) is 32.4 Å². The Labute approximate surface area is 111 Å². The average Bonchev–Trinajstić information content (AvgIpc) is 2.88. The first kappa shape index (κ1) is 13.0. The summed E-state index contributed by atoms with van der Waals surface area (Å²) in [5, 5.41) is 13.7. The molecule has 0 saturated carbocycles. The third-order valence-electron chi connectivity index (χ3n) is 2.45. The predicted octanol–water partition coefficient (Wildman–Crippen LogP) is 1.93. The normalized spacial score (nSPS) is 10.7. The first-order chi connectivity index (χ1) is 8.90. The van der Waals surface area contributed by atoms with Crippen molar-refractivity contribution in [2.75, 3.05) is 13.1 Å². The Morgan fingerprint density at radius 3 is 2.78 bits per heavy atom. The van der Waals surface area contributed by atoms with E-state index in [-0.39, 0.29) is 0 Å². The van der Waals surface area contributed by atoms with E-state index in [9.17, 15) is 0 Å². The van der Waals surface area contributed by atoms with Gasteiger partial charge in [0.25, 0.3) is 0 Å². The second-order valence-electron chi connectivity index (χ2n) is 3.98. The van der Waals surface area contributed by atoms with Crippen LogP contribution < -0.4 is 5.32 Å². The van der Waals surface area contributed by atoms with Gasteiger partial charge in [-0.25, -0.2) is 9.97 Å². The van der Waals surface area contributed by atoms with Gasteiger partial charge in [-0.15, -0.1) is 10.2 Å². The van der Waals surface area contributed by atoms with Crippen LogP contribution in [0.2, 0.25) is 0 Å². The van der Waals surface area contributed by atoms with E-state index < -0.39 is 0 Å². The first-order valence-corrected chi connectivity index (χ1v) is 7.00. The minimum atomic E-state index is 0.895. The molecule has 1 N–H and O–H groups in total. The summed E-state index contributed by atoms with van der Waals surface area (Å²) in [6.07, 6.45) is 8.30. The SMILES string of the molecule is CCCNCCCc1nnc(-c2cncnc2)s1. The van der Waals surface area contributed by atoms with E-state index in [1.807, 2.05) is 0 Å². The van der Waals surface area contributed by atoms with Crippen LogP contribution in [0.4, 0.5) is 0 Å². The fourth-order valence-electron chi connectivity index (χ4n) is 1.55. The summed E-state index contributed by atoms with van der Waals surface area (Å²) in [5.41, 5.74) is 0.936. The number of aromatic nitrogens is 4. The number of hydrogen-bond donors (Lipinski definition) is 1. The van der Waals surface area contributed by atoms with Gasteiger partial charge in [0.05, 0.1) is 0 Å². The Hall–Kier alpha value is -1.40. The molecule has 0 saturated heterocycles. The second-order valence-corrected chi connectivity index (χ2v) is 5.04. The summed E-state index contributed by atoms with van der Waals surface area (Å²) in [5.74, 6) is 0. The highest BCUT2D eigenvalue weighted by Gasteiger charge is 2.06. The lowest BCUT2D eigenvalue weighted by atomic mass is 10.3. The van der Waals surface area contributed by atoms with Crippen molar-refractivity contribution in [1.82, 2.24) is 25.5 Å². The molecule has 18 heavy (non-hydrogen) atoms. The molecule has 5 nitrogen and oxygen atoms in total. The smallest absolute Gasteiger partial charge is 0.150 e. The van der Waals surface area contributed by atoms with Crippen molar-refractivity contribution < 1.29 is 0 Å². The Morgan fingerprint density at radius 2 is 2.00 bits per heavy atom. The molecule has 0 aliphatic heterocycles. The van der Waals surface area contributed by atoms with Crippen LogP contribution in [-0.2, 0) is 6.42 Å². The molecule has 2 aromatic rings. The van der Waals surface area contributed by atoms with Crippen molar-refractivity contribution >= 4 is 11.3 Å². The standard InChI is InChI=1S/C12H17N5S/c1-2-5-13-6-3-4-11-16-17-12(18-11)10-7-14-9-15-8-10/h7-9,13H,2-6H2,1H3. The Morgan fingerprint density at radius 1 is 1.17 bits per heavy atom. The van der Waals surface area contributed by atoms with Gasteiger partial charge in [0, 0.05) is 24.4 Å². The molecule has 2 aromatic heterocycles. The van der Waals surface area contributed by atoms with Crippen LogP contribution in [0.15, 0.2) is 18.7 Å². The van der Waals surface area contributed by atoms with Gasteiger partial charge in [0.15, 0.2) is 5.01 Å². The first-order valence-electron chi connectivity index (χ1n) is 6.18. The molecule has 0 bridgehead atoms. The zero-order chi connectivity index (χ0) is 12.6. The molecule has 0 unspecified atom stereocenters. The van der Waals surface area contributed by atoms with Gasteiger partial charge in [-0.1, -0.05) is 18.3 Å². The average molecular weight is 263 g/mol. The predicted molar refractivity (Wildman–Crippen MR) is 72.4 cm³/mol. The summed E-state index contributed by atoms with van der Waals surface area (Å²) in [6.45, 7) is 4.30. The lowest BCUT2D eigenvalue weighted by Gasteiger charge is -1.99. The van der Waals surface area contributed by atoms with Gasteiger partial charge in [0.1, 0.15) is 11.3 Å². The number of hydrogen-bond acceptors (Lipinski definition) is 6. The lowest BCUT2D eigenvalue weighted by molar-refractivity contribution is 0.637. The molecule has 0 aliphatic carbocycles. The molecule has 96 valence electrons. The largest absolute Gasteiger partial charge is 0.317 e. The van der Waals surface area contributed by atoms with E-state index in [0.717, 1.165) is 41.5 Å². The van der Waals surface area contributed by atoms with E-state index in [0.29, 0.717) is 0 Å². The molecule has 0 aliphatic rings. The van der Waals surface area contributed by atoms with Crippen molar-refractivity contribution in [2.24, 2.45) is 0 Å². The summed E-state index contributed by atoms with van der Waals surface area (Å²) >= 11 is 1.62. The number of nitrogens with one attached hydrogen (secondary N) is 1. The number of rotatable bonds is 7. The molecule has 0 fully saturated rings. The summed E-state index contributed by atoms with van der Waals surface area (Å²) in [7, 11) is 0. The van der Waals surface area contributed by atoms with Crippen LogP contribution >= 0.6 is 11.3 Å². The van der Waals surface area contributed by atoms with Crippen LogP contribution in [0, 0.1) is 0 Å². The highest BCUT2D eigenvalue weighted by Crippen LogP contribution is 2.22. The molecule has 0 spiro atoms. The topological polar surface area (TPSA) is 63.6 Å². The van der Waals surface area contributed by atoms with Crippen molar-refractivity contribution in [3.05, 3.63) is 23.7 Å². The van der Waals surface area contributed by atoms with Crippen LogP contribution in [0.1, 0.15) is 24.8 Å². The maximum absolute atomic E-state index is 4.20. The highest BCUT2D eigenvalue weighted by atomic mass is 32.1. The van der Waals surface area contributed by atoms with Crippen LogP contribution in [-0.4, -0.2) is 33.3 Å². The molecule has 2 rings (SSSR count). The van der Waals surface area contributed by atoms with Crippen molar-refractivity contribution in [2.45, 2.75) is 26.2 Å².